The standard InChI is InChI=1S/C16H32N2O2/c1-14(2)9-17-10-16(6-8-20-13-16)12-18-7-4-5-15(3,19)11-18/h14,17,19H,4-13H2,1-3H3. The molecule has 20 heavy (non-hydrogen) atoms. The topological polar surface area (TPSA) is 44.7 Å². The zero-order valence-corrected chi connectivity index (χ0v) is 13.5. The van der Waals surface area contributed by atoms with E-state index in [4.69, 9.17) is 4.74 Å². The summed E-state index contributed by atoms with van der Waals surface area (Å²) in [6, 6.07) is 0. The summed E-state index contributed by atoms with van der Waals surface area (Å²) in [7, 11) is 0. The highest BCUT2D eigenvalue weighted by Gasteiger charge is 2.39. The van der Waals surface area contributed by atoms with Gasteiger partial charge in [0, 0.05) is 31.7 Å². The van der Waals surface area contributed by atoms with E-state index in [-0.39, 0.29) is 5.41 Å². The molecule has 2 unspecified atom stereocenters. The van der Waals surface area contributed by atoms with Gasteiger partial charge in [-0.3, -0.25) is 4.90 Å². The van der Waals surface area contributed by atoms with Crippen LogP contribution in [0.4, 0.5) is 0 Å². The summed E-state index contributed by atoms with van der Waals surface area (Å²) < 4.78 is 5.68. The Balaban J connectivity index is 1.88. The van der Waals surface area contributed by atoms with Gasteiger partial charge in [-0.2, -0.15) is 0 Å². The average molecular weight is 284 g/mol. The molecule has 4 heteroatoms. The van der Waals surface area contributed by atoms with Crippen LogP contribution in [-0.2, 0) is 4.74 Å². The van der Waals surface area contributed by atoms with E-state index in [2.05, 4.69) is 24.1 Å². The van der Waals surface area contributed by atoms with E-state index in [0.717, 1.165) is 65.2 Å². The average Bonchev–Trinajstić information content (AvgIpc) is 2.76. The Bertz CT molecular complexity index is 299. The van der Waals surface area contributed by atoms with Crippen molar-refractivity contribution in [1.82, 2.24) is 10.2 Å². The molecular formula is C16H32N2O2. The van der Waals surface area contributed by atoms with Crippen LogP contribution in [0.1, 0.15) is 40.0 Å². The lowest BCUT2D eigenvalue weighted by atomic mass is 9.84. The second kappa shape index (κ2) is 6.73. The number of piperidine rings is 1. The van der Waals surface area contributed by atoms with Crippen molar-refractivity contribution in [1.29, 1.82) is 0 Å². The van der Waals surface area contributed by atoms with E-state index in [9.17, 15) is 5.11 Å². The Hall–Kier alpha value is -0.160. The minimum atomic E-state index is -0.510. The third-order valence-corrected chi connectivity index (χ3v) is 4.55. The van der Waals surface area contributed by atoms with Crippen LogP contribution in [0.25, 0.3) is 0 Å². The van der Waals surface area contributed by atoms with E-state index in [1.54, 1.807) is 0 Å². The van der Waals surface area contributed by atoms with Crippen LogP contribution in [-0.4, -0.2) is 61.5 Å². The Morgan fingerprint density at radius 1 is 1.35 bits per heavy atom. The summed E-state index contributed by atoms with van der Waals surface area (Å²) in [6.07, 6.45) is 3.17. The van der Waals surface area contributed by atoms with Crippen molar-refractivity contribution >= 4 is 0 Å². The molecule has 0 spiro atoms. The van der Waals surface area contributed by atoms with Crippen molar-refractivity contribution in [3.63, 3.8) is 0 Å². The molecule has 118 valence electrons. The first-order valence-corrected chi connectivity index (χ1v) is 8.14. The third kappa shape index (κ3) is 4.69. The molecule has 0 aromatic rings. The summed E-state index contributed by atoms with van der Waals surface area (Å²) in [5.74, 6) is 0.685. The highest BCUT2D eigenvalue weighted by Crippen LogP contribution is 2.31. The molecule has 0 bridgehead atoms. The second-order valence-corrected chi connectivity index (χ2v) is 7.64. The van der Waals surface area contributed by atoms with Gasteiger partial charge in [0.2, 0.25) is 0 Å². The predicted molar refractivity (Wildman–Crippen MR) is 81.9 cm³/mol. The molecule has 0 aliphatic carbocycles. The van der Waals surface area contributed by atoms with Crippen LogP contribution in [0, 0.1) is 11.3 Å². The van der Waals surface area contributed by atoms with Crippen molar-refractivity contribution in [3.05, 3.63) is 0 Å². The van der Waals surface area contributed by atoms with Gasteiger partial charge in [0.05, 0.1) is 12.2 Å². The Morgan fingerprint density at radius 2 is 2.15 bits per heavy atom. The lowest BCUT2D eigenvalue weighted by Gasteiger charge is -2.41. The number of rotatable bonds is 6. The van der Waals surface area contributed by atoms with Gasteiger partial charge < -0.3 is 15.2 Å². The number of nitrogens with one attached hydrogen (secondary N) is 1. The first-order valence-electron chi connectivity index (χ1n) is 8.14. The normalized spacial score (nSPS) is 35.9. The summed E-state index contributed by atoms with van der Waals surface area (Å²) in [4.78, 5) is 2.44. The van der Waals surface area contributed by atoms with Crippen LogP contribution in [0.5, 0.6) is 0 Å². The molecule has 0 aromatic heterocycles. The number of aliphatic hydroxyl groups is 1. The van der Waals surface area contributed by atoms with Gasteiger partial charge in [0.25, 0.3) is 0 Å². The number of hydrogen-bond acceptors (Lipinski definition) is 4. The second-order valence-electron chi connectivity index (χ2n) is 7.64. The molecule has 2 fully saturated rings. The van der Waals surface area contributed by atoms with Crippen molar-refractivity contribution < 1.29 is 9.84 Å². The van der Waals surface area contributed by atoms with Crippen molar-refractivity contribution in [2.24, 2.45) is 11.3 Å². The maximum Gasteiger partial charge on any atom is 0.0746 e. The maximum absolute atomic E-state index is 10.3. The van der Waals surface area contributed by atoms with Crippen LogP contribution in [0.15, 0.2) is 0 Å². The predicted octanol–water partition coefficient (Wildman–Crippen LogP) is 1.49. The summed E-state index contributed by atoms with van der Waals surface area (Å²) in [6.45, 7) is 13.3. The van der Waals surface area contributed by atoms with Crippen LogP contribution in [0.2, 0.25) is 0 Å². The van der Waals surface area contributed by atoms with Gasteiger partial charge in [0.1, 0.15) is 0 Å². The first kappa shape index (κ1) is 16.2. The van der Waals surface area contributed by atoms with Gasteiger partial charge in [-0.1, -0.05) is 13.8 Å². The van der Waals surface area contributed by atoms with E-state index in [1.165, 1.54) is 0 Å². The quantitative estimate of drug-likeness (QED) is 0.775. The van der Waals surface area contributed by atoms with Gasteiger partial charge in [-0.05, 0) is 45.2 Å². The van der Waals surface area contributed by atoms with Gasteiger partial charge in [0.15, 0.2) is 0 Å². The number of nitrogens with zero attached hydrogens (tertiary/aromatic N) is 1. The lowest BCUT2D eigenvalue weighted by molar-refractivity contribution is -0.0295. The van der Waals surface area contributed by atoms with E-state index in [0.29, 0.717) is 5.92 Å². The summed E-state index contributed by atoms with van der Waals surface area (Å²) in [5, 5.41) is 13.9. The molecule has 0 amide bonds. The Labute approximate surface area is 123 Å². The Kier molecular flexibility index (Phi) is 5.46. The SMILES string of the molecule is CC(C)CNCC1(CN2CCCC(C)(O)C2)CCOC1. The van der Waals surface area contributed by atoms with Gasteiger partial charge in [-0.25, -0.2) is 0 Å². The van der Waals surface area contributed by atoms with Crippen molar-refractivity contribution in [2.45, 2.75) is 45.6 Å². The fourth-order valence-corrected chi connectivity index (χ4v) is 3.53. The molecule has 2 rings (SSSR count). The Morgan fingerprint density at radius 3 is 2.75 bits per heavy atom. The molecule has 2 atom stereocenters. The molecule has 2 saturated heterocycles. The molecule has 0 aromatic carbocycles. The molecule has 4 nitrogen and oxygen atoms in total. The molecule has 2 heterocycles. The first-order chi connectivity index (χ1) is 9.41. The van der Waals surface area contributed by atoms with Crippen LogP contribution < -0.4 is 5.32 Å². The van der Waals surface area contributed by atoms with Gasteiger partial charge in [-0.15, -0.1) is 0 Å². The minimum absolute atomic E-state index is 0.238. The monoisotopic (exact) mass is 284 g/mol. The molecule has 0 radical (unpaired) electrons. The molecule has 2 aliphatic heterocycles. The highest BCUT2D eigenvalue weighted by atomic mass is 16.5. The van der Waals surface area contributed by atoms with Gasteiger partial charge >= 0.3 is 0 Å². The van der Waals surface area contributed by atoms with E-state index in [1.807, 2.05) is 6.92 Å². The van der Waals surface area contributed by atoms with Crippen molar-refractivity contribution in [3.8, 4) is 0 Å². The lowest BCUT2D eigenvalue weighted by Crippen LogP contribution is -2.52. The van der Waals surface area contributed by atoms with E-state index < -0.39 is 5.60 Å². The molecule has 0 saturated carbocycles. The number of hydrogen-bond donors (Lipinski definition) is 2. The number of β-amino-alcohol motifs (C(OH)–C–C–N with tert-alkyl or cyclic N) is 1. The molecular weight excluding hydrogens is 252 g/mol. The highest BCUT2D eigenvalue weighted by molar-refractivity contribution is 4.92. The van der Waals surface area contributed by atoms with Crippen LogP contribution in [0.3, 0.4) is 0 Å². The number of ether oxygens (including phenoxy) is 1. The maximum atomic E-state index is 10.3. The fourth-order valence-electron chi connectivity index (χ4n) is 3.53. The fraction of sp³-hybridized carbons (Fsp3) is 1.00. The summed E-state index contributed by atoms with van der Waals surface area (Å²) >= 11 is 0. The van der Waals surface area contributed by atoms with E-state index >= 15 is 0 Å². The largest absolute Gasteiger partial charge is 0.389 e. The number of likely N-dealkylation sites (tertiary alicyclic amines) is 1. The van der Waals surface area contributed by atoms with Crippen molar-refractivity contribution in [2.75, 3.05) is 45.9 Å². The minimum Gasteiger partial charge on any atom is -0.389 e. The third-order valence-electron chi connectivity index (χ3n) is 4.55. The zero-order valence-electron chi connectivity index (χ0n) is 13.5. The summed E-state index contributed by atoms with van der Waals surface area (Å²) in [5.41, 5.74) is -0.271. The zero-order chi connectivity index (χ0) is 14.6. The molecule has 2 aliphatic rings. The smallest absolute Gasteiger partial charge is 0.0746 e. The molecule has 2 N–H and O–H groups in total. The van der Waals surface area contributed by atoms with Crippen LogP contribution >= 0.6 is 0 Å².